The Kier molecular flexibility index (Phi) is 5.82. The van der Waals surface area contributed by atoms with Crippen LogP contribution in [-0.2, 0) is 13.1 Å². The summed E-state index contributed by atoms with van der Waals surface area (Å²) >= 11 is 0. The molecule has 5 rings (SSSR count). The first kappa shape index (κ1) is 20.6. The highest BCUT2D eigenvalue weighted by Gasteiger charge is 2.37. The highest BCUT2D eigenvalue weighted by molar-refractivity contribution is 5.94. The second-order valence-corrected chi connectivity index (χ2v) is 8.69. The van der Waals surface area contributed by atoms with Crippen LogP contribution in [0.15, 0.2) is 72.8 Å². The lowest BCUT2D eigenvalue weighted by Gasteiger charge is -2.28. The number of anilines is 1. The molecule has 3 aromatic carbocycles. The summed E-state index contributed by atoms with van der Waals surface area (Å²) in [7, 11) is 2.10. The van der Waals surface area contributed by atoms with Crippen molar-refractivity contribution in [1.29, 1.82) is 0 Å². The number of likely N-dealkylation sites (N-methyl/N-ethyl adjacent to an activating group) is 1. The fourth-order valence-electron chi connectivity index (χ4n) is 4.31. The average Bonchev–Trinajstić information content (AvgIpc) is 3.62. The summed E-state index contributed by atoms with van der Waals surface area (Å²) in [5, 5.41) is 6.65. The van der Waals surface area contributed by atoms with Crippen LogP contribution in [0, 0.1) is 0 Å². The molecule has 5 heteroatoms. The van der Waals surface area contributed by atoms with Crippen molar-refractivity contribution in [1.82, 2.24) is 10.6 Å². The summed E-state index contributed by atoms with van der Waals surface area (Å²) < 4.78 is 5.82. The van der Waals surface area contributed by atoms with Crippen molar-refractivity contribution in [2.45, 2.75) is 31.5 Å². The number of amides is 1. The molecule has 5 nitrogen and oxygen atoms in total. The average molecular weight is 428 g/mol. The Morgan fingerprint density at radius 3 is 2.62 bits per heavy atom. The number of fused-ring (bicyclic) bond motifs is 1. The number of carbonyl (C=O) groups excluding carboxylic acids is 1. The lowest BCUT2D eigenvalue weighted by Crippen LogP contribution is -2.28. The fraction of sp³-hybridized carbons (Fsp3) is 0.296. The molecular formula is C27H29N3O2. The zero-order valence-corrected chi connectivity index (χ0v) is 18.4. The van der Waals surface area contributed by atoms with Crippen LogP contribution in [0.3, 0.4) is 0 Å². The number of nitrogens with zero attached hydrogens (tertiary/aromatic N) is 1. The summed E-state index contributed by atoms with van der Waals surface area (Å²) in [6.07, 6.45) is 1.13. The van der Waals surface area contributed by atoms with Gasteiger partial charge in [-0.2, -0.15) is 0 Å². The molecule has 0 aromatic heterocycles. The van der Waals surface area contributed by atoms with E-state index >= 15 is 0 Å². The third-order valence-corrected chi connectivity index (χ3v) is 6.38. The van der Waals surface area contributed by atoms with Gasteiger partial charge in [0.15, 0.2) is 0 Å². The van der Waals surface area contributed by atoms with Gasteiger partial charge in [-0.05, 0) is 47.4 Å². The van der Waals surface area contributed by atoms with E-state index in [1.807, 2.05) is 42.5 Å². The highest BCUT2D eigenvalue weighted by atomic mass is 16.5. The first-order valence-electron chi connectivity index (χ1n) is 11.3. The topological polar surface area (TPSA) is 53.6 Å². The minimum Gasteiger partial charge on any atom is -0.490 e. The Labute approximate surface area is 189 Å². The Morgan fingerprint density at radius 1 is 1.00 bits per heavy atom. The maximum absolute atomic E-state index is 12.4. The molecular weight excluding hydrogens is 398 g/mol. The normalized spacial score (nSPS) is 19.1. The molecule has 2 aliphatic rings. The van der Waals surface area contributed by atoms with E-state index in [2.05, 4.69) is 52.9 Å². The second kappa shape index (κ2) is 9.05. The molecule has 0 bridgehead atoms. The van der Waals surface area contributed by atoms with Crippen molar-refractivity contribution in [3.8, 4) is 5.75 Å². The summed E-state index contributed by atoms with van der Waals surface area (Å²) in [6, 6.07) is 25.0. The second-order valence-electron chi connectivity index (χ2n) is 8.69. The number of benzene rings is 3. The predicted octanol–water partition coefficient (Wildman–Crippen LogP) is 4.09. The van der Waals surface area contributed by atoms with Crippen LogP contribution in [0.4, 0.5) is 5.69 Å². The Bertz CT molecular complexity index is 1080. The molecule has 164 valence electrons. The zero-order chi connectivity index (χ0) is 21.9. The summed E-state index contributed by atoms with van der Waals surface area (Å²) in [5.74, 6) is 1.45. The summed E-state index contributed by atoms with van der Waals surface area (Å²) in [6.45, 7) is 3.05. The van der Waals surface area contributed by atoms with Crippen LogP contribution < -0.4 is 20.3 Å². The molecule has 32 heavy (non-hydrogen) atoms. The van der Waals surface area contributed by atoms with Crippen molar-refractivity contribution in [2.24, 2.45) is 0 Å². The first-order chi connectivity index (χ1) is 15.7. The van der Waals surface area contributed by atoms with Crippen molar-refractivity contribution in [3.05, 3.63) is 95.1 Å². The van der Waals surface area contributed by atoms with Crippen molar-refractivity contribution in [3.63, 3.8) is 0 Å². The van der Waals surface area contributed by atoms with Gasteiger partial charge in [0.25, 0.3) is 5.91 Å². The number of hydrogen-bond acceptors (Lipinski definition) is 4. The van der Waals surface area contributed by atoms with Gasteiger partial charge < -0.3 is 20.3 Å². The van der Waals surface area contributed by atoms with Crippen LogP contribution in [0.2, 0.25) is 0 Å². The number of ether oxygens (including phenoxy) is 1. The van der Waals surface area contributed by atoms with Crippen molar-refractivity contribution < 1.29 is 9.53 Å². The number of nitrogens with one attached hydrogen (secondary N) is 2. The van der Waals surface area contributed by atoms with E-state index in [1.165, 1.54) is 11.1 Å². The van der Waals surface area contributed by atoms with E-state index in [4.69, 9.17) is 4.74 Å². The molecule has 1 aliphatic heterocycles. The first-order valence-corrected chi connectivity index (χ1v) is 11.3. The molecule has 0 spiro atoms. The number of hydrogen-bond donors (Lipinski definition) is 2. The maximum Gasteiger partial charge on any atom is 0.251 e. The van der Waals surface area contributed by atoms with E-state index in [0.29, 0.717) is 24.1 Å². The van der Waals surface area contributed by atoms with Crippen molar-refractivity contribution >= 4 is 11.6 Å². The Hall–Kier alpha value is -3.31. The van der Waals surface area contributed by atoms with Crippen LogP contribution in [0.25, 0.3) is 0 Å². The van der Waals surface area contributed by atoms with Crippen molar-refractivity contribution in [2.75, 3.05) is 25.1 Å². The molecule has 0 unspecified atom stereocenters. The zero-order valence-electron chi connectivity index (χ0n) is 18.4. The molecule has 1 amide bonds. The van der Waals surface area contributed by atoms with Crippen LogP contribution >= 0.6 is 0 Å². The minimum atomic E-state index is -0.0360. The van der Waals surface area contributed by atoms with Gasteiger partial charge >= 0.3 is 0 Å². The predicted molar refractivity (Wildman–Crippen MR) is 127 cm³/mol. The van der Waals surface area contributed by atoms with E-state index < -0.39 is 0 Å². The quantitative estimate of drug-likeness (QED) is 0.596. The molecule has 1 fully saturated rings. The van der Waals surface area contributed by atoms with Crippen LogP contribution in [0.1, 0.15) is 39.4 Å². The third-order valence-electron chi connectivity index (χ3n) is 6.38. The van der Waals surface area contributed by atoms with Crippen LogP contribution in [0.5, 0.6) is 5.75 Å². The van der Waals surface area contributed by atoms with E-state index in [1.54, 1.807) is 0 Å². The SMILES string of the molecule is CN1CCOc2cc(CN[C@@H]3C[C@H]3c3ccc(C(=O)NCc4ccccc4)cc3)ccc21. The fourth-order valence-corrected chi connectivity index (χ4v) is 4.31. The molecule has 1 aliphatic carbocycles. The molecule has 1 heterocycles. The van der Waals surface area contributed by atoms with Gasteiger partial charge in [-0.3, -0.25) is 4.79 Å². The number of rotatable bonds is 7. The molecule has 2 atom stereocenters. The lowest BCUT2D eigenvalue weighted by atomic mass is 10.1. The Balaban J connectivity index is 1.12. The standard InChI is InChI=1S/C27H29N3O2/c1-30-13-14-32-26-15-20(7-12-25(26)30)18-28-24-16-23(24)21-8-10-22(11-9-21)27(31)29-17-19-5-3-2-4-6-19/h2-12,15,23-24,28H,13-14,16-18H2,1H3,(H,29,31)/t23-,24+/m0/s1. The van der Waals surface area contributed by atoms with Gasteiger partial charge in [0.2, 0.25) is 0 Å². The van der Waals surface area contributed by atoms with E-state index in [9.17, 15) is 4.79 Å². The van der Waals surface area contributed by atoms with E-state index in [-0.39, 0.29) is 5.91 Å². The minimum absolute atomic E-state index is 0.0360. The Morgan fingerprint density at radius 2 is 1.81 bits per heavy atom. The van der Waals surface area contributed by atoms with Crippen LogP contribution in [-0.4, -0.2) is 32.1 Å². The largest absolute Gasteiger partial charge is 0.490 e. The monoisotopic (exact) mass is 427 g/mol. The molecule has 0 radical (unpaired) electrons. The van der Waals surface area contributed by atoms with Gasteiger partial charge in [0.05, 0.1) is 12.2 Å². The number of carbonyl (C=O) groups is 1. The molecule has 3 aromatic rings. The molecule has 2 N–H and O–H groups in total. The maximum atomic E-state index is 12.4. The summed E-state index contributed by atoms with van der Waals surface area (Å²) in [4.78, 5) is 14.7. The smallest absolute Gasteiger partial charge is 0.251 e. The molecule has 1 saturated carbocycles. The highest BCUT2D eigenvalue weighted by Crippen LogP contribution is 2.41. The van der Waals surface area contributed by atoms with Gasteiger partial charge in [-0.25, -0.2) is 0 Å². The van der Waals surface area contributed by atoms with E-state index in [0.717, 1.165) is 43.1 Å². The third kappa shape index (κ3) is 4.63. The van der Waals surface area contributed by atoms with Gasteiger partial charge in [-0.1, -0.05) is 48.5 Å². The van der Waals surface area contributed by atoms with Gasteiger partial charge in [0, 0.05) is 37.7 Å². The van der Waals surface area contributed by atoms with Gasteiger partial charge in [0.1, 0.15) is 12.4 Å². The lowest BCUT2D eigenvalue weighted by molar-refractivity contribution is 0.0951. The summed E-state index contributed by atoms with van der Waals surface area (Å²) in [5.41, 5.74) is 5.50. The van der Waals surface area contributed by atoms with Gasteiger partial charge in [-0.15, -0.1) is 0 Å². The molecule has 0 saturated heterocycles.